The van der Waals surface area contributed by atoms with E-state index in [-0.39, 0.29) is 10.3 Å². The maximum Gasteiger partial charge on any atom is 0.117 e. The summed E-state index contributed by atoms with van der Waals surface area (Å²) in [5.41, 5.74) is 9.01. The van der Waals surface area contributed by atoms with Gasteiger partial charge >= 0.3 is 0 Å². The van der Waals surface area contributed by atoms with Gasteiger partial charge in [0, 0.05) is 33.0 Å². The highest BCUT2D eigenvalue weighted by atomic mass is 32.2. The highest BCUT2D eigenvalue weighted by molar-refractivity contribution is 8.15. The normalized spacial score (nSPS) is 15.5. The van der Waals surface area contributed by atoms with Crippen molar-refractivity contribution in [3.63, 3.8) is 0 Å². The predicted molar refractivity (Wildman–Crippen MR) is 207 cm³/mol. The summed E-state index contributed by atoms with van der Waals surface area (Å²) in [4.78, 5) is 10.1. The number of aromatic nitrogens is 2. The Hall–Kier alpha value is -5.19. The molecule has 2 aromatic heterocycles. The first-order chi connectivity index (χ1) is 23.3. The fourth-order valence-corrected chi connectivity index (χ4v) is 8.37. The van der Waals surface area contributed by atoms with E-state index in [0.717, 1.165) is 22.0 Å². The molecule has 3 nitrogen and oxygen atoms in total. The molecule has 0 saturated heterocycles. The monoisotopic (exact) mass is 637 g/mol. The van der Waals surface area contributed by atoms with Crippen molar-refractivity contribution in [3.05, 3.63) is 145 Å². The number of rotatable bonds is 4. The zero-order valence-electron chi connectivity index (χ0n) is 27.5. The molecule has 0 bridgehead atoms. The van der Waals surface area contributed by atoms with Gasteiger partial charge in [0.2, 0.25) is 0 Å². The number of pyridine rings is 1. The molecule has 0 N–H and O–H groups in total. The number of fused-ring (bicyclic) bond motifs is 6. The van der Waals surface area contributed by atoms with Crippen LogP contribution >= 0.6 is 11.8 Å². The third kappa shape index (κ3) is 4.51. The minimum absolute atomic E-state index is 0.0168. The van der Waals surface area contributed by atoms with Crippen molar-refractivity contribution >= 4 is 60.2 Å². The van der Waals surface area contributed by atoms with Gasteiger partial charge in [-0.25, -0.2) is 0 Å². The quantitative estimate of drug-likeness (QED) is 0.192. The van der Waals surface area contributed by atoms with Crippen LogP contribution in [0.15, 0.2) is 145 Å². The Labute approximate surface area is 285 Å². The molecule has 0 saturated carbocycles. The molecule has 0 atom stereocenters. The van der Waals surface area contributed by atoms with E-state index in [4.69, 9.17) is 9.98 Å². The molecule has 6 aromatic carbocycles. The lowest BCUT2D eigenvalue weighted by Crippen LogP contribution is -2.36. The Morgan fingerprint density at radius 1 is 0.562 bits per heavy atom. The van der Waals surface area contributed by atoms with Gasteiger partial charge in [0.05, 0.1) is 22.3 Å². The number of thioether (sulfide) groups is 1. The molecule has 0 amide bonds. The summed E-state index contributed by atoms with van der Waals surface area (Å²) in [6.45, 7) is 8.94. The van der Waals surface area contributed by atoms with Crippen LogP contribution < -0.4 is 0 Å². The van der Waals surface area contributed by atoms with Crippen molar-refractivity contribution in [2.24, 2.45) is 4.99 Å². The van der Waals surface area contributed by atoms with Crippen molar-refractivity contribution in [2.75, 3.05) is 0 Å². The van der Waals surface area contributed by atoms with E-state index in [1.165, 1.54) is 60.0 Å². The second-order valence-corrected chi connectivity index (χ2v) is 15.5. The average Bonchev–Trinajstić information content (AvgIpc) is 3.56. The molecule has 1 aliphatic rings. The third-order valence-electron chi connectivity index (χ3n) is 10.4. The molecule has 0 spiro atoms. The van der Waals surface area contributed by atoms with Crippen LogP contribution in [0.4, 0.5) is 0 Å². The SMILES string of the molecule is CC1(C)N=C(c2ccc(-c3cc4c(c5ccccc35)c3ccc(-c5ccc6ccccc6c5)cc3n4-c3ccccc3)cn2)SC1(C)C. The second kappa shape index (κ2) is 10.7. The first-order valence-corrected chi connectivity index (χ1v) is 17.4. The smallest absolute Gasteiger partial charge is 0.117 e. The lowest BCUT2D eigenvalue weighted by Gasteiger charge is -2.30. The van der Waals surface area contributed by atoms with Crippen molar-refractivity contribution in [1.82, 2.24) is 9.55 Å². The van der Waals surface area contributed by atoms with E-state index in [2.05, 4.69) is 166 Å². The Morgan fingerprint density at radius 3 is 2.00 bits per heavy atom. The first kappa shape index (κ1) is 29.0. The third-order valence-corrected chi connectivity index (χ3v) is 11.9. The molecule has 0 unspecified atom stereocenters. The summed E-state index contributed by atoms with van der Waals surface area (Å²) < 4.78 is 2.45. The molecule has 0 radical (unpaired) electrons. The van der Waals surface area contributed by atoms with E-state index in [1.807, 2.05) is 18.0 Å². The minimum atomic E-state index is -0.145. The van der Waals surface area contributed by atoms with Crippen LogP contribution in [0.3, 0.4) is 0 Å². The number of hydrogen-bond acceptors (Lipinski definition) is 3. The largest absolute Gasteiger partial charge is 0.309 e. The molecule has 3 heterocycles. The second-order valence-electron chi connectivity index (χ2n) is 13.8. The van der Waals surface area contributed by atoms with Crippen LogP contribution in [0.1, 0.15) is 33.4 Å². The molecular weight excluding hydrogens is 603 g/mol. The number of nitrogens with zero attached hydrogens (tertiary/aromatic N) is 3. The Bertz CT molecular complexity index is 2570. The summed E-state index contributed by atoms with van der Waals surface area (Å²) in [6, 6.07) is 48.5. The fraction of sp³-hybridized carbons (Fsp3) is 0.136. The van der Waals surface area contributed by atoms with E-state index < -0.39 is 0 Å². The highest BCUT2D eigenvalue weighted by Crippen LogP contribution is 2.47. The zero-order valence-corrected chi connectivity index (χ0v) is 28.3. The van der Waals surface area contributed by atoms with Crippen LogP contribution in [-0.4, -0.2) is 24.9 Å². The Morgan fingerprint density at radius 2 is 1.25 bits per heavy atom. The first-order valence-electron chi connectivity index (χ1n) is 16.6. The summed E-state index contributed by atoms with van der Waals surface area (Å²) in [5.74, 6) is 0. The van der Waals surface area contributed by atoms with Gasteiger partial charge in [-0.05, 0) is 102 Å². The minimum Gasteiger partial charge on any atom is -0.309 e. The van der Waals surface area contributed by atoms with Gasteiger partial charge in [-0.1, -0.05) is 109 Å². The van der Waals surface area contributed by atoms with Crippen LogP contribution in [-0.2, 0) is 0 Å². The zero-order chi connectivity index (χ0) is 32.6. The van der Waals surface area contributed by atoms with E-state index in [1.54, 1.807) is 0 Å². The molecule has 232 valence electrons. The lowest BCUT2D eigenvalue weighted by atomic mass is 9.91. The molecule has 9 rings (SSSR count). The van der Waals surface area contributed by atoms with Gasteiger partial charge in [-0.3, -0.25) is 9.98 Å². The maximum atomic E-state index is 5.06. The van der Waals surface area contributed by atoms with Crippen molar-refractivity contribution < 1.29 is 0 Å². The molecule has 1 aliphatic heterocycles. The average molecular weight is 638 g/mol. The van der Waals surface area contributed by atoms with E-state index >= 15 is 0 Å². The fourth-order valence-electron chi connectivity index (χ4n) is 7.09. The standard InChI is InChI=1S/C44H35N3S/c1-43(2)44(3,4)48-42(46-43)38-23-21-32(27-45-38)37-26-40-41(35-17-11-10-16-34(35)37)36-22-20-31(25-39(36)47(40)33-14-6-5-7-15-33)30-19-18-28-12-8-9-13-29(28)24-30/h5-27H,1-4H3. The maximum absolute atomic E-state index is 5.06. The van der Waals surface area contributed by atoms with Crippen LogP contribution in [0.5, 0.6) is 0 Å². The van der Waals surface area contributed by atoms with Crippen molar-refractivity contribution in [2.45, 2.75) is 38.0 Å². The van der Waals surface area contributed by atoms with E-state index in [0.29, 0.717) is 0 Å². The summed E-state index contributed by atoms with van der Waals surface area (Å²) in [5, 5.41) is 8.50. The number of aliphatic imine (C=N–C) groups is 1. The highest BCUT2D eigenvalue weighted by Gasteiger charge is 2.44. The van der Waals surface area contributed by atoms with Gasteiger partial charge in [0.25, 0.3) is 0 Å². The number of benzene rings is 6. The molecule has 0 fully saturated rings. The van der Waals surface area contributed by atoms with Gasteiger partial charge in [0.1, 0.15) is 5.04 Å². The topological polar surface area (TPSA) is 30.2 Å². The number of para-hydroxylation sites is 1. The van der Waals surface area contributed by atoms with Crippen molar-refractivity contribution in [3.8, 4) is 27.9 Å². The predicted octanol–water partition coefficient (Wildman–Crippen LogP) is 11.9. The molecule has 48 heavy (non-hydrogen) atoms. The molecule has 0 aliphatic carbocycles. The summed E-state index contributed by atoms with van der Waals surface area (Å²) >= 11 is 1.82. The van der Waals surface area contributed by atoms with Crippen LogP contribution in [0, 0.1) is 0 Å². The van der Waals surface area contributed by atoms with E-state index in [9.17, 15) is 0 Å². The summed E-state index contributed by atoms with van der Waals surface area (Å²) in [7, 11) is 0. The van der Waals surface area contributed by atoms with Crippen LogP contribution in [0.25, 0.3) is 71.3 Å². The van der Waals surface area contributed by atoms with Gasteiger partial charge in [-0.15, -0.1) is 0 Å². The molecule has 8 aromatic rings. The summed E-state index contributed by atoms with van der Waals surface area (Å²) in [6.07, 6.45) is 2.03. The van der Waals surface area contributed by atoms with Gasteiger partial charge in [0.15, 0.2) is 0 Å². The number of hydrogen-bond donors (Lipinski definition) is 0. The van der Waals surface area contributed by atoms with Gasteiger partial charge in [-0.2, -0.15) is 0 Å². The van der Waals surface area contributed by atoms with Crippen molar-refractivity contribution in [1.29, 1.82) is 0 Å². The Balaban J connectivity index is 1.27. The molecular formula is C44H35N3S. The van der Waals surface area contributed by atoms with Crippen LogP contribution in [0.2, 0.25) is 0 Å². The van der Waals surface area contributed by atoms with Gasteiger partial charge < -0.3 is 4.57 Å². The lowest BCUT2D eigenvalue weighted by molar-refractivity contribution is 0.426. The Kier molecular flexibility index (Phi) is 6.44. The molecule has 4 heteroatoms.